The zero-order valence-corrected chi connectivity index (χ0v) is 40.0. The third kappa shape index (κ3) is 4.50. The Hall–Kier alpha value is -7.24. The van der Waals surface area contributed by atoms with Crippen LogP contribution < -0.4 is 9.80 Å². The van der Waals surface area contributed by atoms with Crippen molar-refractivity contribution in [1.29, 1.82) is 0 Å². The van der Waals surface area contributed by atoms with E-state index < -0.39 is 10.8 Å². The van der Waals surface area contributed by atoms with Crippen LogP contribution in [0.15, 0.2) is 206 Å². The van der Waals surface area contributed by atoms with Gasteiger partial charge in [-0.25, -0.2) is 0 Å². The number of rotatable bonds is 2. The second-order valence-electron chi connectivity index (χ2n) is 20.3. The highest BCUT2D eigenvalue weighted by molar-refractivity contribution is 7.18. The van der Waals surface area contributed by atoms with Gasteiger partial charge in [0.05, 0.1) is 33.6 Å². The minimum Gasteiger partial charge on any atom is -0.301 e. The first-order chi connectivity index (χ1) is 33.3. The number of hydrogen-bond donors (Lipinski definition) is 0. The molecule has 324 valence electrons. The zero-order valence-electron chi connectivity index (χ0n) is 38.3. The summed E-state index contributed by atoms with van der Waals surface area (Å²) in [5, 5.41) is 2.48. The molecule has 0 saturated carbocycles. The molecular formula is C64H46N2S2. The van der Waals surface area contributed by atoms with Gasteiger partial charge in [0.1, 0.15) is 10.0 Å². The molecule has 15 rings (SSSR count). The van der Waals surface area contributed by atoms with Gasteiger partial charge in [-0.15, -0.1) is 22.7 Å². The summed E-state index contributed by atoms with van der Waals surface area (Å²) < 4.78 is 0. The fourth-order valence-electron chi connectivity index (χ4n) is 13.7. The Labute approximate surface area is 406 Å². The zero-order chi connectivity index (χ0) is 45.3. The molecule has 0 atom stereocenters. The predicted octanol–water partition coefficient (Wildman–Crippen LogP) is 17.1. The quantitative estimate of drug-likeness (QED) is 0.171. The van der Waals surface area contributed by atoms with Gasteiger partial charge < -0.3 is 9.80 Å². The molecule has 68 heavy (non-hydrogen) atoms. The number of anilines is 6. The SMILES string of the molecule is CC1(C)c2ccccc2N(c2cc3c(s2)C2(c4ccccc4-c4ccccc42)c2cc(N4c5ccccc5C(C)(C)c5ccccc54)sc2C32c3ccccc3-c3ccccc32)c2ccccc21. The number of thiophene rings is 2. The van der Waals surface area contributed by atoms with E-state index in [4.69, 9.17) is 0 Å². The Morgan fingerprint density at radius 2 is 0.515 bits per heavy atom. The number of para-hydroxylation sites is 4. The van der Waals surface area contributed by atoms with Gasteiger partial charge in [0, 0.05) is 20.6 Å². The van der Waals surface area contributed by atoms with Gasteiger partial charge in [0.25, 0.3) is 0 Å². The Balaban J connectivity index is 1.12. The molecule has 2 aromatic heterocycles. The van der Waals surface area contributed by atoms with Crippen molar-refractivity contribution in [3.63, 3.8) is 0 Å². The average Bonchev–Trinajstić information content (AvgIpc) is 4.15. The fourth-order valence-corrected chi connectivity index (χ4v) is 16.6. The van der Waals surface area contributed by atoms with E-state index in [-0.39, 0.29) is 10.8 Å². The van der Waals surface area contributed by atoms with E-state index >= 15 is 0 Å². The average molecular weight is 907 g/mol. The van der Waals surface area contributed by atoms with E-state index in [2.05, 4.69) is 244 Å². The maximum atomic E-state index is 2.63. The van der Waals surface area contributed by atoms with Gasteiger partial charge in [-0.3, -0.25) is 0 Å². The van der Waals surface area contributed by atoms with E-state index in [1.807, 2.05) is 22.7 Å². The minimum absolute atomic E-state index is 0.170. The van der Waals surface area contributed by atoms with Crippen LogP contribution in [0.5, 0.6) is 0 Å². The van der Waals surface area contributed by atoms with Crippen LogP contribution in [-0.4, -0.2) is 0 Å². The van der Waals surface area contributed by atoms with Crippen LogP contribution in [0.3, 0.4) is 0 Å². The topological polar surface area (TPSA) is 6.48 Å². The van der Waals surface area contributed by atoms with Crippen LogP contribution >= 0.6 is 22.7 Å². The highest BCUT2D eigenvalue weighted by Crippen LogP contribution is 2.72. The van der Waals surface area contributed by atoms with Gasteiger partial charge in [0.15, 0.2) is 0 Å². The van der Waals surface area contributed by atoms with Crippen LogP contribution in [0.25, 0.3) is 22.3 Å². The molecule has 5 aliphatic rings. The standard InChI is InChI=1S/C64H46N2S2/c1-61(2)47-29-13-17-33-53(47)65(54-34-18-14-30-48(54)61)57-37-51-59(67-57)64(45-27-11-7-23-41(45)42-24-8-12-28-46(42)64)52-38-58(66-55-35-19-15-31-49(55)62(3,4)50-32-16-20-36-56(50)66)68-60(52)63(51)43-25-9-5-21-39(43)40-22-6-10-26-44(40)63/h5-38H,1-4H3. The molecule has 2 spiro atoms. The Bertz CT molecular complexity index is 3320. The first kappa shape index (κ1) is 38.8. The van der Waals surface area contributed by atoms with Crippen molar-refractivity contribution >= 4 is 55.4 Å². The van der Waals surface area contributed by atoms with Crippen LogP contribution in [0, 0.1) is 0 Å². The number of nitrogens with zero attached hydrogens (tertiary/aromatic N) is 2. The smallest absolute Gasteiger partial charge is 0.101 e. The van der Waals surface area contributed by atoms with Crippen molar-refractivity contribution in [1.82, 2.24) is 0 Å². The maximum Gasteiger partial charge on any atom is 0.101 e. The molecule has 0 radical (unpaired) electrons. The molecule has 0 amide bonds. The summed E-state index contributed by atoms with van der Waals surface area (Å²) in [6.45, 7) is 9.56. The summed E-state index contributed by atoms with van der Waals surface area (Å²) in [6.07, 6.45) is 0. The Kier molecular flexibility index (Phi) is 7.57. The summed E-state index contributed by atoms with van der Waals surface area (Å²) >= 11 is 4.01. The molecule has 0 bridgehead atoms. The van der Waals surface area contributed by atoms with Crippen molar-refractivity contribution in [2.45, 2.75) is 49.4 Å². The lowest BCUT2D eigenvalue weighted by Gasteiger charge is -2.45. The van der Waals surface area contributed by atoms with Gasteiger partial charge >= 0.3 is 0 Å². The largest absolute Gasteiger partial charge is 0.301 e. The molecule has 0 saturated heterocycles. The number of hydrogen-bond acceptors (Lipinski definition) is 4. The number of fused-ring (bicyclic) bond motifs is 20. The molecule has 0 unspecified atom stereocenters. The van der Waals surface area contributed by atoms with Crippen molar-refractivity contribution in [2.24, 2.45) is 0 Å². The van der Waals surface area contributed by atoms with Gasteiger partial charge in [-0.05, 0) is 114 Å². The third-order valence-corrected chi connectivity index (χ3v) is 19.0. The molecule has 8 aromatic carbocycles. The Morgan fingerprint density at radius 1 is 0.279 bits per heavy atom. The molecule has 4 heterocycles. The molecule has 0 fully saturated rings. The molecule has 0 N–H and O–H groups in total. The van der Waals surface area contributed by atoms with Crippen molar-refractivity contribution in [2.75, 3.05) is 9.80 Å². The van der Waals surface area contributed by atoms with Crippen LogP contribution in [0.2, 0.25) is 0 Å². The maximum absolute atomic E-state index is 2.63. The van der Waals surface area contributed by atoms with E-state index in [0.717, 1.165) is 0 Å². The Morgan fingerprint density at radius 3 is 0.794 bits per heavy atom. The summed E-state index contributed by atoms with van der Waals surface area (Å²) in [5.41, 5.74) is 22.3. The van der Waals surface area contributed by atoms with Crippen LogP contribution in [0.4, 0.5) is 32.8 Å². The van der Waals surface area contributed by atoms with Gasteiger partial charge in [-0.2, -0.15) is 0 Å². The summed E-state index contributed by atoms with van der Waals surface area (Å²) in [7, 11) is 0. The van der Waals surface area contributed by atoms with Crippen molar-refractivity contribution in [3.8, 4) is 22.3 Å². The lowest BCUT2D eigenvalue weighted by Crippen LogP contribution is -2.41. The van der Waals surface area contributed by atoms with E-state index in [9.17, 15) is 0 Å². The minimum atomic E-state index is -0.602. The van der Waals surface area contributed by atoms with Crippen molar-refractivity contribution < 1.29 is 0 Å². The third-order valence-electron chi connectivity index (χ3n) is 16.5. The van der Waals surface area contributed by atoms with E-state index in [1.54, 1.807) is 0 Å². The van der Waals surface area contributed by atoms with Crippen molar-refractivity contribution in [3.05, 3.63) is 272 Å². The normalized spacial score (nSPS) is 16.9. The van der Waals surface area contributed by atoms with E-state index in [1.165, 1.54) is 120 Å². The molecule has 4 heteroatoms. The summed E-state index contributed by atoms with van der Waals surface area (Å²) in [4.78, 5) is 7.99. The summed E-state index contributed by atoms with van der Waals surface area (Å²) in [5.74, 6) is 0. The summed E-state index contributed by atoms with van der Waals surface area (Å²) in [6, 6.07) is 79.0. The highest BCUT2D eigenvalue weighted by Gasteiger charge is 2.62. The highest BCUT2D eigenvalue weighted by atomic mass is 32.1. The second kappa shape index (κ2) is 13.3. The van der Waals surface area contributed by atoms with Gasteiger partial charge in [0.2, 0.25) is 0 Å². The lowest BCUT2D eigenvalue weighted by molar-refractivity contribution is 0.632. The molecule has 2 nitrogen and oxygen atoms in total. The molecular weight excluding hydrogens is 861 g/mol. The molecule has 3 aliphatic carbocycles. The molecule has 2 aliphatic heterocycles. The first-order valence-corrected chi connectivity index (χ1v) is 25.6. The first-order valence-electron chi connectivity index (χ1n) is 23.9. The molecule has 10 aromatic rings. The lowest BCUT2D eigenvalue weighted by atomic mass is 9.58. The van der Waals surface area contributed by atoms with Crippen LogP contribution in [-0.2, 0) is 21.7 Å². The second-order valence-corrected chi connectivity index (χ2v) is 22.4. The van der Waals surface area contributed by atoms with E-state index in [0.29, 0.717) is 0 Å². The van der Waals surface area contributed by atoms with Gasteiger partial charge in [-0.1, -0.05) is 198 Å². The number of benzene rings is 8. The van der Waals surface area contributed by atoms with Crippen LogP contribution in [0.1, 0.15) is 93.1 Å². The monoisotopic (exact) mass is 906 g/mol. The predicted molar refractivity (Wildman–Crippen MR) is 284 cm³/mol. The fraction of sp³-hybridized carbons (Fsp3) is 0.125.